The van der Waals surface area contributed by atoms with E-state index >= 15 is 0 Å². The van der Waals surface area contributed by atoms with Crippen molar-refractivity contribution < 1.29 is 14.3 Å². The fraction of sp³-hybridized carbons (Fsp3) is 0.200. The van der Waals surface area contributed by atoms with Gasteiger partial charge in [-0.3, -0.25) is 4.79 Å². The quantitative estimate of drug-likeness (QED) is 0.560. The number of ether oxygens (including phenoxy) is 1. The number of benzene rings is 1. The molecular formula is C10H10NO3. The van der Waals surface area contributed by atoms with Gasteiger partial charge >= 0.3 is 12.4 Å². The van der Waals surface area contributed by atoms with Crippen molar-refractivity contribution in [2.24, 2.45) is 0 Å². The van der Waals surface area contributed by atoms with Crippen LogP contribution in [0.3, 0.4) is 0 Å². The maximum Gasteiger partial charge on any atom is 0.333 e. The normalized spacial score (nSPS) is 11.5. The number of esters is 1. The molecule has 0 fully saturated rings. The fourth-order valence-corrected chi connectivity index (χ4v) is 1.10. The van der Waals surface area contributed by atoms with E-state index in [9.17, 15) is 9.59 Å². The molecule has 0 aliphatic rings. The standard InChI is InChI=1S/C10H10NO3/c1-14-10(13)9(11-7-12)8-5-3-2-4-6-8/h2-6,9H,1H3,(H,11,12). The van der Waals surface area contributed by atoms with Crippen molar-refractivity contribution in [1.29, 1.82) is 0 Å². The van der Waals surface area contributed by atoms with Gasteiger partial charge in [0.25, 0.3) is 0 Å². The third kappa shape index (κ3) is 2.32. The van der Waals surface area contributed by atoms with Crippen LogP contribution in [0.5, 0.6) is 0 Å². The zero-order valence-electron chi connectivity index (χ0n) is 7.69. The number of rotatable bonds is 4. The van der Waals surface area contributed by atoms with E-state index in [0.717, 1.165) is 0 Å². The Kier molecular flexibility index (Phi) is 3.67. The lowest BCUT2D eigenvalue weighted by Gasteiger charge is -2.12. The molecule has 0 saturated heterocycles. The Morgan fingerprint density at radius 2 is 2.07 bits per heavy atom. The van der Waals surface area contributed by atoms with E-state index < -0.39 is 12.0 Å². The first-order valence-corrected chi connectivity index (χ1v) is 4.05. The number of hydrogen-bond donors (Lipinski definition) is 1. The molecule has 4 nitrogen and oxygen atoms in total. The molecule has 0 bridgehead atoms. The van der Waals surface area contributed by atoms with Crippen LogP contribution in [-0.2, 0) is 14.3 Å². The minimum absolute atomic E-state index is 0.514. The smallest absolute Gasteiger partial charge is 0.333 e. The van der Waals surface area contributed by atoms with E-state index in [4.69, 9.17) is 0 Å². The lowest BCUT2D eigenvalue weighted by Crippen LogP contribution is -2.28. The van der Waals surface area contributed by atoms with Gasteiger partial charge in [-0.2, -0.15) is 0 Å². The predicted molar refractivity (Wildman–Crippen MR) is 50.0 cm³/mol. The molecule has 1 atom stereocenters. The van der Waals surface area contributed by atoms with Crippen molar-refractivity contribution in [1.82, 2.24) is 5.32 Å². The van der Waals surface area contributed by atoms with Crippen molar-refractivity contribution in [2.75, 3.05) is 7.11 Å². The summed E-state index contributed by atoms with van der Waals surface area (Å²) < 4.78 is 4.54. The van der Waals surface area contributed by atoms with Crippen LogP contribution >= 0.6 is 0 Å². The molecule has 0 heterocycles. The summed E-state index contributed by atoms with van der Waals surface area (Å²) in [5, 5.41) is 2.27. The number of hydrogen-bond acceptors (Lipinski definition) is 3. The van der Waals surface area contributed by atoms with Crippen LogP contribution in [0.1, 0.15) is 11.6 Å². The van der Waals surface area contributed by atoms with Crippen LogP contribution in [-0.4, -0.2) is 19.5 Å². The van der Waals surface area contributed by atoms with Crippen LogP contribution in [0, 0.1) is 0 Å². The van der Waals surface area contributed by atoms with Gasteiger partial charge in [-0.05, 0) is 5.56 Å². The van der Waals surface area contributed by atoms with Crippen molar-refractivity contribution >= 4 is 12.4 Å². The average Bonchev–Trinajstić information content (AvgIpc) is 2.26. The highest BCUT2D eigenvalue weighted by Gasteiger charge is 2.19. The Morgan fingerprint density at radius 3 is 2.57 bits per heavy atom. The average molecular weight is 192 g/mol. The third-order valence-corrected chi connectivity index (χ3v) is 1.77. The predicted octanol–water partition coefficient (Wildman–Crippen LogP) is 0.557. The monoisotopic (exact) mass is 192 g/mol. The van der Waals surface area contributed by atoms with Gasteiger partial charge in [-0.1, -0.05) is 30.3 Å². The van der Waals surface area contributed by atoms with Gasteiger partial charge in [0.1, 0.15) is 0 Å². The van der Waals surface area contributed by atoms with Gasteiger partial charge in [-0.15, -0.1) is 0 Å². The van der Waals surface area contributed by atoms with Crippen LogP contribution in [0.25, 0.3) is 0 Å². The SMILES string of the molecule is COC(=O)C(N[C]=O)c1ccccc1. The second-order valence-electron chi connectivity index (χ2n) is 2.61. The van der Waals surface area contributed by atoms with E-state index in [0.29, 0.717) is 5.56 Å². The van der Waals surface area contributed by atoms with E-state index in [-0.39, 0.29) is 0 Å². The first-order chi connectivity index (χ1) is 6.79. The molecule has 4 heteroatoms. The van der Waals surface area contributed by atoms with Gasteiger partial charge in [0.15, 0.2) is 6.04 Å². The Balaban J connectivity index is 2.88. The van der Waals surface area contributed by atoms with Gasteiger partial charge in [0.05, 0.1) is 7.11 Å². The molecule has 73 valence electrons. The van der Waals surface area contributed by atoms with Gasteiger partial charge < -0.3 is 10.1 Å². The van der Waals surface area contributed by atoms with Crippen LogP contribution < -0.4 is 5.32 Å². The van der Waals surface area contributed by atoms with E-state index in [1.54, 1.807) is 24.3 Å². The molecule has 0 saturated carbocycles. The largest absolute Gasteiger partial charge is 0.467 e. The van der Waals surface area contributed by atoms with E-state index in [1.807, 2.05) is 6.07 Å². The van der Waals surface area contributed by atoms with E-state index in [2.05, 4.69) is 10.1 Å². The molecule has 0 aromatic heterocycles. The Hall–Kier alpha value is -1.84. The van der Waals surface area contributed by atoms with Gasteiger partial charge in [0, 0.05) is 0 Å². The number of amides is 1. The zero-order chi connectivity index (χ0) is 10.4. The topological polar surface area (TPSA) is 55.4 Å². The summed E-state index contributed by atoms with van der Waals surface area (Å²) in [7, 11) is 1.27. The zero-order valence-corrected chi connectivity index (χ0v) is 7.69. The van der Waals surface area contributed by atoms with Crippen molar-refractivity contribution in [2.45, 2.75) is 6.04 Å². The molecule has 0 spiro atoms. The van der Waals surface area contributed by atoms with Crippen molar-refractivity contribution in [3.63, 3.8) is 0 Å². The second kappa shape index (κ2) is 5.01. The van der Waals surface area contributed by atoms with Gasteiger partial charge in [-0.25, -0.2) is 4.79 Å². The minimum atomic E-state index is -0.779. The van der Waals surface area contributed by atoms with Gasteiger partial charge in [0.2, 0.25) is 0 Å². The summed E-state index contributed by atoms with van der Waals surface area (Å²) in [6.45, 7) is 0. The molecule has 1 aromatic rings. The maximum atomic E-state index is 11.2. The van der Waals surface area contributed by atoms with Crippen LogP contribution in [0.15, 0.2) is 30.3 Å². The summed E-state index contributed by atoms with van der Waals surface area (Å²) in [6.07, 6.45) is 1.48. The maximum absolute atomic E-state index is 11.2. The highest BCUT2D eigenvalue weighted by molar-refractivity contribution is 5.79. The minimum Gasteiger partial charge on any atom is -0.467 e. The Bertz CT molecular complexity index is 310. The molecule has 0 aliphatic carbocycles. The fourth-order valence-electron chi connectivity index (χ4n) is 1.10. The molecule has 1 N–H and O–H groups in total. The Morgan fingerprint density at radius 1 is 1.43 bits per heavy atom. The molecule has 14 heavy (non-hydrogen) atoms. The summed E-state index contributed by atoms with van der Waals surface area (Å²) in [6, 6.07) is 8.05. The summed E-state index contributed by atoms with van der Waals surface area (Å²) in [5.74, 6) is -0.514. The molecule has 1 radical (unpaired) electrons. The third-order valence-electron chi connectivity index (χ3n) is 1.77. The van der Waals surface area contributed by atoms with E-state index in [1.165, 1.54) is 13.5 Å². The lowest BCUT2D eigenvalue weighted by molar-refractivity contribution is -0.142. The molecule has 1 aromatic carbocycles. The molecule has 1 unspecified atom stereocenters. The summed E-state index contributed by atoms with van der Waals surface area (Å²) >= 11 is 0. The molecule has 1 amide bonds. The molecular weight excluding hydrogens is 182 g/mol. The number of nitrogens with one attached hydrogen (secondary N) is 1. The Labute approximate surface area is 81.9 Å². The van der Waals surface area contributed by atoms with Crippen LogP contribution in [0.2, 0.25) is 0 Å². The highest BCUT2D eigenvalue weighted by atomic mass is 16.5. The summed E-state index contributed by atoms with van der Waals surface area (Å²) in [4.78, 5) is 21.4. The highest BCUT2D eigenvalue weighted by Crippen LogP contribution is 2.12. The summed E-state index contributed by atoms with van der Waals surface area (Å²) in [5.41, 5.74) is 0.669. The number of carbonyl (C=O) groups is 1. The number of carbonyl (C=O) groups excluding carboxylic acids is 2. The van der Waals surface area contributed by atoms with Crippen LogP contribution in [0.4, 0.5) is 0 Å². The molecule has 1 rings (SSSR count). The van der Waals surface area contributed by atoms with Crippen molar-refractivity contribution in [3.05, 3.63) is 35.9 Å². The first kappa shape index (κ1) is 10.2. The lowest BCUT2D eigenvalue weighted by atomic mass is 10.1. The molecule has 0 aliphatic heterocycles. The van der Waals surface area contributed by atoms with Crippen molar-refractivity contribution in [3.8, 4) is 0 Å². The second-order valence-corrected chi connectivity index (χ2v) is 2.61. The number of methoxy groups -OCH3 is 1. The first-order valence-electron chi connectivity index (χ1n) is 4.05.